The summed E-state index contributed by atoms with van der Waals surface area (Å²) in [5.41, 5.74) is 8.18. The molecule has 28 heavy (non-hydrogen) atoms. The SMILES string of the molecule is N=C/C(=C\N)c1ccc2ncc3ccc(=O)n(-c4ccc(F)cc4Cl)c3c2c1. The zero-order chi connectivity index (χ0) is 19.8. The average Bonchev–Trinajstić information content (AvgIpc) is 2.69. The molecule has 0 saturated heterocycles. The number of rotatable bonds is 3. The molecule has 0 spiro atoms. The van der Waals surface area contributed by atoms with E-state index in [1.165, 1.54) is 35.0 Å². The summed E-state index contributed by atoms with van der Waals surface area (Å²) < 4.78 is 15.0. The maximum Gasteiger partial charge on any atom is 0.255 e. The third-order valence-electron chi connectivity index (χ3n) is 4.54. The molecule has 5 nitrogen and oxygen atoms in total. The van der Waals surface area contributed by atoms with Crippen molar-refractivity contribution in [3.63, 3.8) is 0 Å². The highest BCUT2D eigenvalue weighted by Gasteiger charge is 2.14. The number of nitrogens with two attached hydrogens (primary N) is 1. The van der Waals surface area contributed by atoms with Gasteiger partial charge in [-0.25, -0.2) is 4.39 Å². The van der Waals surface area contributed by atoms with Crippen LogP contribution in [0.25, 0.3) is 33.1 Å². The van der Waals surface area contributed by atoms with Crippen LogP contribution in [0.1, 0.15) is 5.56 Å². The van der Waals surface area contributed by atoms with Gasteiger partial charge in [0.15, 0.2) is 0 Å². The summed E-state index contributed by atoms with van der Waals surface area (Å²) in [4.78, 5) is 17.2. The first-order valence-corrected chi connectivity index (χ1v) is 8.74. The molecule has 2 heterocycles. The molecule has 4 aromatic rings. The Labute approximate surface area is 164 Å². The van der Waals surface area contributed by atoms with Crippen LogP contribution >= 0.6 is 11.6 Å². The summed E-state index contributed by atoms with van der Waals surface area (Å²) in [5.74, 6) is -0.487. The maximum absolute atomic E-state index is 13.5. The topological polar surface area (TPSA) is 84.8 Å². The minimum atomic E-state index is -0.487. The maximum atomic E-state index is 13.5. The Balaban J connectivity index is 2.18. The number of halogens is 2. The number of allylic oxidation sites excluding steroid dienone is 1. The summed E-state index contributed by atoms with van der Waals surface area (Å²) in [6.45, 7) is 0. The quantitative estimate of drug-likeness (QED) is 0.403. The van der Waals surface area contributed by atoms with Crippen LogP contribution in [0.15, 0.2) is 65.7 Å². The van der Waals surface area contributed by atoms with Gasteiger partial charge in [-0.1, -0.05) is 17.7 Å². The fraction of sp³-hybridized carbons (Fsp3) is 0. The zero-order valence-corrected chi connectivity index (χ0v) is 15.2. The van der Waals surface area contributed by atoms with Gasteiger partial charge in [0.1, 0.15) is 5.82 Å². The van der Waals surface area contributed by atoms with Crippen molar-refractivity contribution in [2.45, 2.75) is 0 Å². The molecule has 0 aliphatic heterocycles. The largest absolute Gasteiger partial charge is 0.404 e. The molecule has 2 aromatic heterocycles. The van der Waals surface area contributed by atoms with Crippen LogP contribution in [0.3, 0.4) is 0 Å². The van der Waals surface area contributed by atoms with Crippen LogP contribution in [0.4, 0.5) is 4.39 Å². The third kappa shape index (κ3) is 2.84. The van der Waals surface area contributed by atoms with Crippen LogP contribution in [-0.2, 0) is 0 Å². The molecule has 0 bridgehead atoms. The molecule has 0 aliphatic rings. The summed E-state index contributed by atoms with van der Waals surface area (Å²) >= 11 is 6.24. The van der Waals surface area contributed by atoms with E-state index in [-0.39, 0.29) is 10.6 Å². The highest BCUT2D eigenvalue weighted by atomic mass is 35.5. The van der Waals surface area contributed by atoms with E-state index in [2.05, 4.69) is 4.98 Å². The van der Waals surface area contributed by atoms with E-state index in [0.29, 0.717) is 33.2 Å². The molecule has 138 valence electrons. The third-order valence-corrected chi connectivity index (χ3v) is 4.84. The van der Waals surface area contributed by atoms with Gasteiger partial charge in [-0.15, -0.1) is 0 Å². The van der Waals surface area contributed by atoms with E-state index in [1.54, 1.807) is 24.4 Å². The fourth-order valence-corrected chi connectivity index (χ4v) is 3.47. The van der Waals surface area contributed by atoms with Crippen molar-refractivity contribution in [2.24, 2.45) is 5.73 Å². The summed E-state index contributed by atoms with van der Waals surface area (Å²) in [6.07, 6.45) is 4.17. The van der Waals surface area contributed by atoms with Crippen molar-refractivity contribution in [3.05, 3.63) is 87.7 Å². The molecule has 0 saturated carbocycles. The van der Waals surface area contributed by atoms with Crippen molar-refractivity contribution in [3.8, 4) is 5.69 Å². The molecule has 0 unspecified atom stereocenters. The molecule has 0 fully saturated rings. The second kappa shape index (κ2) is 6.90. The zero-order valence-electron chi connectivity index (χ0n) is 14.5. The molecule has 7 heteroatoms. The van der Waals surface area contributed by atoms with Crippen LogP contribution in [0.5, 0.6) is 0 Å². The van der Waals surface area contributed by atoms with Gasteiger partial charge in [-0.2, -0.15) is 0 Å². The van der Waals surface area contributed by atoms with Crippen LogP contribution in [-0.4, -0.2) is 15.8 Å². The first-order chi connectivity index (χ1) is 13.5. The van der Waals surface area contributed by atoms with Gasteiger partial charge >= 0.3 is 0 Å². The molecule has 3 N–H and O–H groups in total. The molecular weight excluding hydrogens is 379 g/mol. The smallest absolute Gasteiger partial charge is 0.255 e. The number of pyridine rings is 2. The van der Waals surface area contributed by atoms with Crippen molar-refractivity contribution < 1.29 is 4.39 Å². The molecule has 0 amide bonds. The van der Waals surface area contributed by atoms with Gasteiger partial charge in [0, 0.05) is 41.0 Å². The Kier molecular flexibility index (Phi) is 4.41. The van der Waals surface area contributed by atoms with Crippen LogP contribution in [0.2, 0.25) is 5.02 Å². The standard InChI is InChI=1S/C21H14ClFN4O/c22-17-8-15(23)3-5-19(17)27-20(28)6-2-13-11-26-18-4-1-12(14(9-24)10-25)7-16(18)21(13)27/h1-11,24H,25H2/b14-10+,24-9?. The van der Waals surface area contributed by atoms with E-state index in [0.717, 1.165) is 11.6 Å². The predicted molar refractivity (Wildman–Crippen MR) is 111 cm³/mol. The summed E-state index contributed by atoms with van der Waals surface area (Å²) in [7, 11) is 0. The van der Waals surface area contributed by atoms with Crippen LogP contribution in [0, 0.1) is 11.2 Å². The number of aromatic nitrogens is 2. The Bertz CT molecular complexity index is 1340. The first kappa shape index (κ1) is 17.9. The number of fused-ring (bicyclic) bond motifs is 3. The lowest BCUT2D eigenvalue weighted by Crippen LogP contribution is -2.18. The number of benzene rings is 2. The minimum absolute atomic E-state index is 0.123. The van der Waals surface area contributed by atoms with E-state index < -0.39 is 5.82 Å². The van der Waals surface area contributed by atoms with E-state index in [1.807, 2.05) is 6.07 Å². The Morgan fingerprint density at radius 1 is 1.18 bits per heavy atom. The lowest BCUT2D eigenvalue weighted by atomic mass is 10.0. The van der Waals surface area contributed by atoms with Gasteiger partial charge in [0.25, 0.3) is 5.56 Å². The van der Waals surface area contributed by atoms with Gasteiger partial charge in [-0.3, -0.25) is 14.3 Å². The minimum Gasteiger partial charge on any atom is -0.404 e. The van der Waals surface area contributed by atoms with Crippen LogP contribution < -0.4 is 11.3 Å². The van der Waals surface area contributed by atoms with Crippen molar-refractivity contribution >= 4 is 45.2 Å². The lowest BCUT2D eigenvalue weighted by molar-refractivity contribution is 0.627. The number of nitrogens with one attached hydrogen (secondary N) is 1. The fourth-order valence-electron chi connectivity index (χ4n) is 3.22. The summed E-state index contributed by atoms with van der Waals surface area (Å²) in [6, 6.07) is 12.4. The molecule has 2 aromatic carbocycles. The second-order valence-electron chi connectivity index (χ2n) is 6.16. The van der Waals surface area contributed by atoms with Gasteiger partial charge < -0.3 is 11.1 Å². The molecule has 0 radical (unpaired) electrons. The lowest BCUT2D eigenvalue weighted by Gasteiger charge is -2.14. The highest BCUT2D eigenvalue weighted by Crippen LogP contribution is 2.29. The number of hydrogen-bond donors (Lipinski definition) is 2. The summed E-state index contributed by atoms with van der Waals surface area (Å²) in [5, 5.41) is 9.06. The molecule has 0 atom stereocenters. The highest BCUT2D eigenvalue weighted by molar-refractivity contribution is 6.32. The molecule has 4 rings (SSSR count). The first-order valence-electron chi connectivity index (χ1n) is 8.36. The van der Waals surface area contributed by atoms with Crippen molar-refractivity contribution in [1.82, 2.24) is 9.55 Å². The van der Waals surface area contributed by atoms with Gasteiger partial charge in [-0.05, 0) is 42.0 Å². The van der Waals surface area contributed by atoms with Crippen molar-refractivity contribution in [1.29, 1.82) is 5.41 Å². The Hall–Kier alpha value is -3.51. The molecule has 0 aliphatic carbocycles. The van der Waals surface area contributed by atoms with Gasteiger partial charge in [0.05, 0.1) is 21.7 Å². The predicted octanol–water partition coefficient (Wildman–Crippen LogP) is 4.28. The monoisotopic (exact) mass is 392 g/mol. The van der Waals surface area contributed by atoms with E-state index >= 15 is 0 Å². The second-order valence-corrected chi connectivity index (χ2v) is 6.57. The average molecular weight is 393 g/mol. The Morgan fingerprint density at radius 3 is 2.71 bits per heavy atom. The van der Waals surface area contributed by atoms with E-state index in [9.17, 15) is 9.18 Å². The van der Waals surface area contributed by atoms with E-state index in [4.69, 9.17) is 22.7 Å². The Morgan fingerprint density at radius 2 is 2.00 bits per heavy atom. The molecular formula is C21H14ClFN4O. The number of hydrogen-bond acceptors (Lipinski definition) is 4. The number of nitrogens with zero attached hydrogens (tertiary/aromatic N) is 2. The van der Waals surface area contributed by atoms with Crippen molar-refractivity contribution in [2.75, 3.05) is 0 Å². The van der Waals surface area contributed by atoms with Gasteiger partial charge in [0.2, 0.25) is 0 Å². The normalized spacial score (nSPS) is 11.9.